The Morgan fingerprint density at radius 3 is 2.72 bits per heavy atom. The summed E-state index contributed by atoms with van der Waals surface area (Å²) in [5.74, 6) is 1.77. The molecule has 6 rings (SSSR count). The van der Waals surface area contributed by atoms with Gasteiger partial charge in [-0.3, -0.25) is 4.79 Å². The van der Waals surface area contributed by atoms with Gasteiger partial charge in [-0.1, -0.05) is 10.4 Å². The molecule has 36 heavy (non-hydrogen) atoms. The predicted octanol–water partition coefficient (Wildman–Crippen LogP) is 3.46. The second-order valence-corrected chi connectivity index (χ2v) is 10.5. The normalized spacial score (nSPS) is 21.9. The van der Waals surface area contributed by atoms with Crippen LogP contribution in [0.25, 0.3) is 11.4 Å². The fourth-order valence-corrected chi connectivity index (χ4v) is 5.19. The van der Waals surface area contributed by atoms with Crippen molar-refractivity contribution in [2.75, 3.05) is 7.11 Å². The quantitative estimate of drug-likeness (QED) is 0.419. The Kier molecular flexibility index (Phi) is 6.18. The number of carbonyl (C=O) groups excluding carboxylic acids is 1. The van der Waals surface area contributed by atoms with Crippen LogP contribution in [-0.2, 0) is 29.5 Å². The summed E-state index contributed by atoms with van der Waals surface area (Å²) >= 11 is 0. The zero-order valence-corrected chi connectivity index (χ0v) is 21.0. The predicted molar refractivity (Wildman–Crippen MR) is 130 cm³/mol. The summed E-state index contributed by atoms with van der Waals surface area (Å²) < 4.78 is 15.1. The van der Waals surface area contributed by atoms with Crippen LogP contribution in [0.2, 0.25) is 0 Å². The van der Waals surface area contributed by atoms with Gasteiger partial charge < -0.3 is 9.47 Å². The van der Waals surface area contributed by atoms with Gasteiger partial charge in [0.1, 0.15) is 11.4 Å². The number of methoxy groups -OCH3 is 1. The van der Waals surface area contributed by atoms with E-state index in [0.29, 0.717) is 18.9 Å². The van der Waals surface area contributed by atoms with E-state index in [4.69, 9.17) is 14.5 Å². The third-order valence-electron chi connectivity index (χ3n) is 7.58. The number of esters is 1. The maximum atomic E-state index is 12.1. The lowest BCUT2D eigenvalue weighted by atomic mass is 9.87. The smallest absolute Gasteiger partial charge is 0.308 e. The first-order valence-electron chi connectivity index (χ1n) is 13.1. The number of aromatic nitrogens is 7. The fraction of sp³-hybridized carbons (Fsp3) is 0.615. The summed E-state index contributed by atoms with van der Waals surface area (Å²) in [7, 11) is 3.35. The number of nitrogens with zero attached hydrogens (tertiary/aromatic N) is 7. The highest BCUT2D eigenvalue weighted by Gasteiger charge is 2.33. The van der Waals surface area contributed by atoms with Gasteiger partial charge in [0.25, 0.3) is 0 Å². The molecule has 0 saturated heterocycles. The molecule has 190 valence electrons. The second-order valence-electron chi connectivity index (χ2n) is 10.5. The lowest BCUT2D eigenvalue weighted by Gasteiger charge is -2.28. The van der Waals surface area contributed by atoms with E-state index in [-0.39, 0.29) is 18.0 Å². The minimum absolute atomic E-state index is 0.00257. The first kappa shape index (κ1) is 23.1. The van der Waals surface area contributed by atoms with Crippen LogP contribution in [0.5, 0.6) is 5.75 Å². The van der Waals surface area contributed by atoms with Crippen LogP contribution in [-0.4, -0.2) is 54.2 Å². The molecule has 0 bridgehead atoms. The first-order chi connectivity index (χ1) is 17.6. The van der Waals surface area contributed by atoms with Crippen molar-refractivity contribution >= 4 is 5.97 Å². The van der Waals surface area contributed by atoms with Crippen LogP contribution in [0.1, 0.15) is 74.4 Å². The van der Waals surface area contributed by atoms with Gasteiger partial charge in [0, 0.05) is 19.2 Å². The summed E-state index contributed by atoms with van der Waals surface area (Å²) in [6.45, 7) is 0.534. The van der Waals surface area contributed by atoms with E-state index in [1.54, 1.807) is 4.68 Å². The van der Waals surface area contributed by atoms with Gasteiger partial charge in [0.05, 0.1) is 48.5 Å². The minimum atomic E-state index is -0.138. The molecule has 0 N–H and O–H groups in total. The van der Waals surface area contributed by atoms with E-state index in [0.717, 1.165) is 78.7 Å². The molecule has 0 spiro atoms. The van der Waals surface area contributed by atoms with Crippen molar-refractivity contribution in [3.05, 3.63) is 35.4 Å². The molecule has 3 aliphatic carbocycles. The van der Waals surface area contributed by atoms with Gasteiger partial charge in [0.2, 0.25) is 0 Å². The molecule has 3 aromatic rings. The van der Waals surface area contributed by atoms with Crippen LogP contribution >= 0.6 is 0 Å². The number of carbonyl (C=O) groups is 1. The fourth-order valence-electron chi connectivity index (χ4n) is 5.19. The van der Waals surface area contributed by atoms with Gasteiger partial charge in [-0.05, 0) is 75.8 Å². The molecule has 3 aliphatic rings. The Hall–Kier alpha value is -3.30. The largest absolute Gasteiger partial charge is 0.488 e. The first-order valence-corrected chi connectivity index (χ1v) is 13.1. The van der Waals surface area contributed by atoms with Crippen LogP contribution in [0.3, 0.4) is 0 Å². The molecule has 2 atom stereocenters. The van der Waals surface area contributed by atoms with Crippen molar-refractivity contribution in [1.82, 2.24) is 35.0 Å². The zero-order valence-electron chi connectivity index (χ0n) is 21.0. The summed E-state index contributed by atoms with van der Waals surface area (Å²) in [6, 6.07) is 3.98. The average molecular weight is 492 g/mol. The summed E-state index contributed by atoms with van der Waals surface area (Å²) in [6.07, 6.45) is 11.3. The molecule has 0 aromatic carbocycles. The van der Waals surface area contributed by atoms with Crippen LogP contribution in [0.4, 0.5) is 0 Å². The topological polar surface area (TPSA) is 110 Å². The highest BCUT2D eigenvalue weighted by atomic mass is 16.5. The summed E-state index contributed by atoms with van der Waals surface area (Å²) in [4.78, 5) is 17.1. The van der Waals surface area contributed by atoms with E-state index in [1.165, 1.54) is 20.0 Å². The third-order valence-corrected chi connectivity index (χ3v) is 7.58. The monoisotopic (exact) mass is 491 g/mol. The lowest BCUT2D eigenvalue weighted by Crippen LogP contribution is -2.30. The Morgan fingerprint density at radius 2 is 1.94 bits per heavy atom. The Morgan fingerprint density at radius 1 is 1.08 bits per heavy atom. The maximum absolute atomic E-state index is 12.1. The molecule has 0 radical (unpaired) electrons. The number of hydrogen-bond acceptors (Lipinski definition) is 8. The van der Waals surface area contributed by atoms with Gasteiger partial charge >= 0.3 is 5.97 Å². The van der Waals surface area contributed by atoms with Crippen molar-refractivity contribution in [2.45, 2.75) is 76.4 Å². The van der Waals surface area contributed by atoms with Gasteiger partial charge in [-0.25, -0.2) is 14.3 Å². The average Bonchev–Trinajstić information content (AvgIpc) is 3.82. The number of hydrogen-bond donors (Lipinski definition) is 0. The molecule has 10 nitrogen and oxygen atoms in total. The summed E-state index contributed by atoms with van der Waals surface area (Å²) in [5.41, 5.74) is 4.52. The SMILES string of the molecule is COC(=O)[C@H]1CCC[C@H](Oc2ccc(-c3nnn(C)c3Cn3cc(CC4CC4)nn3)nc2C2CC2)C1. The van der Waals surface area contributed by atoms with Crippen LogP contribution < -0.4 is 4.74 Å². The third kappa shape index (κ3) is 4.99. The molecule has 3 heterocycles. The Balaban J connectivity index is 1.22. The zero-order chi connectivity index (χ0) is 24.6. The van der Waals surface area contributed by atoms with Crippen molar-refractivity contribution in [1.29, 1.82) is 0 Å². The molecule has 0 unspecified atom stereocenters. The molecular formula is C26H33N7O3. The second kappa shape index (κ2) is 9.63. The lowest BCUT2D eigenvalue weighted by molar-refractivity contribution is -0.147. The number of ether oxygens (including phenoxy) is 2. The highest BCUT2D eigenvalue weighted by molar-refractivity contribution is 5.72. The van der Waals surface area contributed by atoms with Crippen molar-refractivity contribution in [3.8, 4) is 17.1 Å². The number of rotatable bonds is 9. The van der Waals surface area contributed by atoms with E-state index in [9.17, 15) is 4.79 Å². The Labute approximate surface area is 210 Å². The van der Waals surface area contributed by atoms with Crippen molar-refractivity contribution in [3.63, 3.8) is 0 Å². The molecule has 3 fully saturated rings. The van der Waals surface area contributed by atoms with E-state index in [2.05, 4.69) is 20.6 Å². The van der Waals surface area contributed by atoms with E-state index in [1.807, 2.05) is 30.1 Å². The molecule has 0 amide bonds. The van der Waals surface area contributed by atoms with E-state index >= 15 is 0 Å². The summed E-state index contributed by atoms with van der Waals surface area (Å²) in [5, 5.41) is 17.4. The van der Waals surface area contributed by atoms with Crippen molar-refractivity contribution < 1.29 is 14.3 Å². The van der Waals surface area contributed by atoms with Crippen LogP contribution in [0, 0.1) is 11.8 Å². The Bertz CT molecular complexity index is 1240. The molecular weight excluding hydrogens is 458 g/mol. The number of aryl methyl sites for hydroxylation is 1. The number of pyridine rings is 1. The standard InChI is InChI=1S/C26H33N7O3/c1-32-22(15-33-14-19(28-31-33)12-16-6-7-16)25(29-30-32)21-10-11-23(24(27-21)17-8-9-17)36-20-5-3-4-18(13-20)26(34)35-2/h10-11,14,16-18,20H,3-9,12-13,15H2,1-2H3/t18-,20-/m0/s1. The molecule has 3 saturated carbocycles. The van der Waals surface area contributed by atoms with Gasteiger partial charge in [0.15, 0.2) is 0 Å². The van der Waals surface area contributed by atoms with Gasteiger partial charge in [-0.2, -0.15) is 0 Å². The van der Waals surface area contributed by atoms with Crippen molar-refractivity contribution in [2.24, 2.45) is 18.9 Å². The molecule has 10 heteroatoms. The molecule has 3 aromatic heterocycles. The molecule has 0 aliphatic heterocycles. The van der Waals surface area contributed by atoms with Crippen LogP contribution in [0.15, 0.2) is 18.3 Å². The van der Waals surface area contributed by atoms with E-state index < -0.39 is 0 Å². The maximum Gasteiger partial charge on any atom is 0.308 e. The van der Waals surface area contributed by atoms with Gasteiger partial charge in [-0.15, -0.1) is 10.2 Å². The minimum Gasteiger partial charge on any atom is -0.488 e. The highest BCUT2D eigenvalue weighted by Crippen LogP contribution is 2.45.